The molecule has 0 aliphatic carbocycles. The topological polar surface area (TPSA) is 33.4 Å². The van der Waals surface area contributed by atoms with Gasteiger partial charge in [0, 0.05) is 6.42 Å². The van der Waals surface area contributed by atoms with Gasteiger partial charge in [-0.15, -0.1) is 0 Å². The van der Waals surface area contributed by atoms with Crippen LogP contribution >= 0.6 is 0 Å². The smallest absolute Gasteiger partial charge is 0.103 e. The molecule has 1 unspecified atom stereocenters. The summed E-state index contributed by atoms with van der Waals surface area (Å²) in [6.07, 6.45) is 11.6. The third kappa shape index (κ3) is 6.46. The van der Waals surface area contributed by atoms with E-state index in [-0.39, 0.29) is 6.10 Å². The van der Waals surface area contributed by atoms with Crippen LogP contribution in [0.1, 0.15) is 43.4 Å². The summed E-state index contributed by atoms with van der Waals surface area (Å²) in [6, 6.07) is 14.1. The molecule has 21 heavy (non-hydrogen) atoms. The highest BCUT2D eigenvalue weighted by molar-refractivity contribution is 5.48. The predicted molar refractivity (Wildman–Crippen MR) is 87.0 cm³/mol. The normalized spacial score (nSPS) is 12.8. The number of hydrogen-bond acceptors (Lipinski definition) is 2. The molecule has 2 heteroatoms. The van der Waals surface area contributed by atoms with E-state index >= 15 is 0 Å². The van der Waals surface area contributed by atoms with Gasteiger partial charge in [0.1, 0.15) is 5.76 Å². The van der Waals surface area contributed by atoms with Crippen LogP contribution in [-0.4, -0.2) is 11.2 Å². The Morgan fingerprint density at radius 2 is 1.86 bits per heavy atom. The fourth-order valence-corrected chi connectivity index (χ4v) is 2.35. The Morgan fingerprint density at radius 1 is 1.00 bits per heavy atom. The van der Waals surface area contributed by atoms with Crippen LogP contribution in [0.5, 0.6) is 0 Å². The van der Waals surface area contributed by atoms with Crippen LogP contribution in [0.15, 0.2) is 59.2 Å². The van der Waals surface area contributed by atoms with Crippen LogP contribution in [0.4, 0.5) is 0 Å². The first-order valence-electron chi connectivity index (χ1n) is 7.76. The third-order valence-electron chi connectivity index (χ3n) is 3.56. The highest BCUT2D eigenvalue weighted by Gasteiger charge is 2.02. The highest BCUT2D eigenvalue weighted by Crippen LogP contribution is 2.11. The monoisotopic (exact) mass is 284 g/mol. The van der Waals surface area contributed by atoms with Gasteiger partial charge in [0.25, 0.3) is 0 Å². The van der Waals surface area contributed by atoms with Gasteiger partial charge in [0.05, 0.1) is 12.4 Å². The summed E-state index contributed by atoms with van der Waals surface area (Å²) in [7, 11) is 0. The molecule has 0 fully saturated rings. The van der Waals surface area contributed by atoms with Gasteiger partial charge in [-0.25, -0.2) is 0 Å². The van der Waals surface area contributed by atoms with E-state index < -0.39 is 0 Å². The SMILES string of the molecule is OC(C/C=C/c1ccccc1)CCCCCc1ccco1. The molecule has 0 aliphatic rings. The second-order valence-corrected chi connectivity index (χ2v) is 5.38. The zero-order valence-corrected chi connectivity index (χ0v) is 12.4. The van der Waals surface area contributed by atoms with E-state index in [1.54, 1.807) is 6.26 Å². The fraction of sp³-hybridized carbons (Fsp3) is 0.368. The lowest BCUT2D eigenvalue weighted by Gasteiger charge is -2.07. The summed E-state index contributed by atoms with van der Waals surface area (Å²) < 4.78 is 5.30. The Kier molecular flexibility index (Phi) is 6.82. The van der Waals surface area contributed by atoms with Gasteiger partial charge >= 0.3 is 0 Å². The van der Waals surface area contributed by atoms with Gasteiger partial charge in [-0.2, -0.15) is 0 Å². The first kappa shape index (κ1) is 15.6. The summed E-state index contributed by atoms with van der Waals surface area (Å²) in [5.74, 6) is 1.06. The number of aliphatic hydroxyl groups excluding tert-OH is 1. The molecular formula is C19H24O2. The Morgan fingerprint density at radius 3 is 2.62 bits per heavy atom. The molecule has 2 nitrogen and oxygen atoms in total. The highest BCUT2D eigenvalue weighted by atomic mass is 16.3. The molecular weight excluding hydrogens is 260 g/mol. The molecule has 0 bridgehead atoms. The molecule has 0 spiro atoms. The second kappa shape index (κ2) is 9.19. The van der Waals surface area contributed by atoms with Crippen molar-refractivity contribution in [3.05, 3.63) is 66.1 Å². The van der Waals surface area contributed by atoms with Crippen molar-refractivity contribution >= 4 is 6.08 Å². The molecule has 112 valence electrons. The largest absolute Gasteiger partial charge is 0.469 e. The van der Waals surface area contributed by atoms with Crippen LogP contribution in [0.3, 0.4) is 0 Å². The predicted octanol–water partition coefficient (Wildman–Crippen LogP) is 4.85. The lowest BCUT2D eigenvalue weighted by Crippen LogP contribution is -2.04. The average molecular weight is 284 g/mol. The Bertz CT molecular complexity index is 500. The molecule has 1 aromatic carbocycles. The number of aliphatic hydroxyl groups is 1. The molecule has 2 rings (SSSR count). The molecule has 0 aliphatic heterocycles. The van der Waals surface area contributed by atoms with E-state index in [0.29, 0.717) is 0 Å². The van der Waals surface area contributed by atoms with Crippen molar-refractivity contribution in [1.82, 2.24) is 0 Å². The minimum atomic E-state index is -0.228. The van der Waals surface area contributed by atoms with Gasteiger partial charge in [-0.1, -0.05) is 55.3 Å². The minimum absolute atomic E-state index is 0.228. The van der Waals surface area contributed by atoms with Crippen molar-refractivity contribution in [2.24, 2.45) is 0 Å². The van der Waals surface area contributed by atoms with Crippen molar-refractivity contribution in [1.29, 1.82) is 0 Å². The fourth-order valence-electron chi connectivity index (χ4n) is 2.35. The van der Waals surface area contributed by atoms with Crippen LogP contribution in [0.2, 0.25) is 0 Å². The quantitative estimate of drug-likeness (QED) is 0.668. The van der Waals surface area contributed by atoms with Gasteiger partial charge in [-0.3, -0.25) is 0 Å². The molecule has 1 N–H and O–H groups in total. The minimum Gasteiger partial charge on any atom is -0.469 e. The summed E-state index contributed by atoms with van der Waals surface area (Å²) in [5, 5.41) is 9.94. The van der Waals surface area contributed by atoms with E-state index in [1.807, 2.05) is 30.3 Å². The Hall–Kier alpha value is -1.80. The van der Waals surface area contributed by atoms with E-state index in [0.717, 1.165) is 44.3 Å². The zero-order valence-electron chi connectivity index (χ0n) is 12.4. The van der Waals surface area contributed by atoms with Crippen molar-refractivity contribution in [2.75, 3.05) is 0 Å². The van der Waals surface area contributed by atoms with Crippen LogP contribution in [0.25, 0.3) is 6.08 Å². The standard InChI is InChI=1S/C19H24O2/c20-18(13-7-11-17-9-3-1-4-10-17)12-5-2-6-14-19-15-8-16-21-19/h1,3-4,7-11,15-16,18,20H,2,5-6,12-14H2/b11-7+. The maximum Gasteiger partial charge on any atom is 0.103 e. The first-order chi connectivity index (χ1) is 10.3. The van der Waals surface area contributed by atoms with Gasteiger partial charge in [-0.05, 0) is 37.0 Å². The summed E-state index contributed by atoms with van der Waals surface area (Å²) in [6.45, 7) is 0. The molecule has 2 aromatic rings. The van der Waals surface area contributed by atoms with Crippen molar-refractivity contribution in [2.45, 2.75) is 44.6 Å². The molecule has 0 saturated carbocycles. The number of unbranched alkanes of at least 4 members (excludes halogenated alkanes) is 2. The molecule has 0 saturated heterocycles. The molecule has 1 aromatic heterocycles. The number of rotatable bonds is 9. The van der Waals surface area contributed by atoms with Gasteiger partial charge in [0.15, 0.2) is 0 Å². The maximum atomic E-state index is 9.94. The van der Waals surface area contributed by atoms with Crippen LogP contribution in [-0.2, 0) is 6.42 Å². The van der Waals surface area contributed by atoms with Gasteiger partial charge in [0.2, 0.25) is 0 Å². The lowest BCUT2D eigenvalue weighted by atomic mass is 10.1. The van der Waals surface area contributed by atoms with E-state index in [9.17, 15) is 5.11 Å². The molecule has 0 amide bonds. The summed E-state index contributed by atoms with van der Waals surface area (Å²) >= 11 is 0. The summed E-state index contributed by atoms with van der Waals surface area (Å²) in [4.78, 5) is 0. The summed E-state index contributed by atoms with van der Waals surface area (Å²) in [5.41, 5.74) is 1.18. The molecule has 1 atom stereocenters. The number of furan rings is 1. The lowest BCUT2D eigenvalue weighted by molar-refractivity contribution is 0.164. The van der Waals surface area contributed by atoms with Crippen LogP contribution < -0.4 is 0 Å². The number of aryl methyl sites for hydroxylation is 1. The van der Waals surface area contributed by atoms with Crippen molar-refractivity contribution in [3.8, 4) is 0 Å². The van der Waals surface area contributed by atoms with Gasteiger partial charge < -0.3 is 9.52 Å². The van der Waals surface area contributed by atoms with Crippen LogP contribution in [0, 0.1) is 0 Å². The Labute approximate surface area is 127 Å². The van der Waals surface area contributed by atoms with E-state index in [2.05, 4.69) is 24.3 Å². The molecule has 0 radical (unpaired) electrons. The number of benzene rings is 1. The Balaban J connectivity index is 1.53. The zero-order chi connectivity index (χ0) is 14.8. The molecule has 1 heterocycles. The first-order valence-corrected chi connectivity index (χ1v) is 7.76. The van der Waals surface area contributed by atoms with Crippen molar-refractivity contribution in [3.63, 3.8) is 0 Å². The van der Waals surface area contributed by atoms with E-state index in [1.165, 1.54) is 5.56 Å². The average Bonchev–Trinajstić information content (AvgIpc) is 3.01. The second-order valence-electron chi connectivity index (χ2n) is 5.38. The van der Waals surface area contributed by atoms with Crippen molar-refractivity contribution < 1.29 is 9.52 Å². The maximum absolute atomic E-state index is 9.94. The third-order valence-corrected chi connectivity index (χ3v) is 3.56. The number of hydrogen-bond donors (Lipinski definition) is 1. The van der Waals surface area contributed by atoms with E-state index in [4.69, 9.17) is 4.42 Å².